The summed E-state index contributed by atoms with van der Waals surface area (Å²) < 4.78 is 3.90. The fraction of sp³-hybridized carbons (Fsp3) is 0.323. The van der Waals surface area contributed by atoms with Crippen LogP contribution in [0.25, 0.3) is 22.3 Å². The highest BCUT2D eigenvalue weighted by atomic mass is 16.2. The molecule has 0 bridgehead atoms. The number of hydrogen-bond acceptors (Lipinski definition) is 5. The first-order chi connectivity index (χ1) is 18.8. The van der Waals surface area contributed by atoms with Gasteiger partial charge < -0.3 is 14.8 Å². The van der Waals surface area contributed by atoms with Gasteiger partial charge in [-0.25, -0.2) is 4.98 Å². The third-order valence-corrected chi connectivity index (χ3v) is 8.06. The van der Waals surface area contributed by atoms with E-state index in [1.807, 2.05) is 31.3 Å². The first kappa shape index (κ1) is 25.1. The molecule has 3 aromatic heterocycles. The van der Waals surface area contributed by atoms with Crippen LogP contribution in [0.3, 0.4) is 0 Å². The van der Waals surface area contributed by atoms with Gasteiger partial charge in [-0.1, -0.05) is 18.2 Å². The van der Waals surface area contributed by atoms with Crippen molar-refractivity contribution in [3.63, 3.8) is 0 Å². The van der Waals surface area contributed by atoms with Gasteiger partial charge in [0, 0.05) is 87.6 Å². The monoisotopic (exact) mass is 522 g/mol. The average Bonchev–Trinajstić information content (AvgIpc) is 3.54. The molecule has 0 unspecified atom stereocenters. The smallest absolute Gasteiger partial charge is 0.260 e. The molecule has 2 aliphatic heterocycles. The Bertz CT molecular complexity index is 1690. The number of pyridine rings is 2. The molecule has 6 rings (SSSR count). The van der Waals surface area contributed by atoms with Crippen molar-refractivity contribution in [3.8, 4) is 5.69 Å². The Labute approximate surface area is 228 Å². The molecule has 0 spiro atoms. The van der Waals surface area contributed by atoms with Crippen LogP contribution in [-0.2, 0) is 20.0 Å². The van der Waals surface area contributed by atoms with E-state index in [-0.39, 0.29) is 11.5 Å². The van der Waals surface area contributed by atoms with Crippen LogP contribution in [0.1, 0.15) is 39.2 Å². The quantitative estimate of drug-likeness (QED) is 0.429. The van der Waals surface area contributed by atoms with E-state index in [1.54, 1.807) is 29.8 Å². The number of rotatable bonds is 5. The van der Waals surface area contributed by atoms with Gasteiger partial charge in [0.05, 0.1) is 5.69 Å². The van der Waals surface area contributed by atoms with Gasteiger partial charge in [-0.15, -0.1) is 0 Å². The van der Waals surface area contributed by atoms with Crippen molar-refractivity contribution in [1.29, 1.82) is 0 Å². The molecule has 2 aliphatic rings. The van der Waals surface area contributed by atoms with E-state index < -0.39 is 0 Å². The zero-order valence-electron chi connectivity index (χ0n) is 23.0. The first-order valence-electron chi connectivity index (χ1n) is 13.5. The molecule has 0 fully saturated rings. The molecule has 8 heteroatoms. The maximum Gasteiger partial charge on any atom is 0.260 e. The van der Waals surface area contributed by atoms with E-state index in [0.29, 0.717) is 0 Å². The Morgan fingerprint density at radius 2 is 1.97 bits per heavy atom. The largest absolute Gasteiger partial charge is 0.384 e. The predicted octanol–water partition coefficient (Wildman–Crippen LogP) is 3.99. The Morgan fingerprint density at radius 1 is 1.13 bits per heavy atom. The van der Waals surface area contributed by atoms with Crippen LogP contribution in [0.2, 0.25) is 0 Å². The molecule has 8 nitrogen and oxygen atoms in total. The minimum atomic E-state index is 0.0357. The molecule has 0 radical (unpaired) electrons. The SMILES string of the molecule is Cc1cc(C2=CCN(Cc3cc4c(-n5ccc6c(c5=O)CCN6)ccnc4n3C)CC2)ccc1C(=O)N(C)C. The molecule has 1 N–H and O–H groups in total. The van der Waals surface area contributed by atoms with Gasteiger partial charge in [0.15, 0.2) is 0 Å². The zero-order valence-corrected chi connectivity index (χ0v) is 23.0. The van der Waals surface area contributed by atoms with Gasteiger partial charge in [-0.3, -0.25) is 19.1 Å². The van der Waals surface area contributed by atoms with E-state index in [9.17, 15) is 9.59 Å². The Kier molecular flexibility index (Phi) is 6.35. The number of nitrogens with one attached hydrogen (secondary N) is 1. The molecule has 0 saturated heterocycles. The number of aryl methyl sites for hydroxylation is 2. The summed E-state index contributed by atoms with van der Waals surface area (Å²) in [7, 11) is 5.62. The summed E-state index contributed by atoms with van der Waals surface area (Å²) in [5.74, 6) is 0.0357. The van der Waals surface area contributed by atoms with Gasteiger partial charge in [-0.2, -0.15) is 0 Å². The van der Waals surface area contributed by atoms with Crippen molar-refractivity contribution < 1.29 is 4.79 Å². The van der Waals surface area contributed by atoms with Crippen LogP contribution >= 0.6 is 0 Å². The van der Waals surface area contributed by atoms with Gasteiger partial charge in [0.25, 0.3) is 11.5 Å². The summed E-state index contributed by atoms with van der Waals surface area (Å²) in [6.07, 6.45) is 7.66. The van der Waals surface area contributed by atoms with Gasteiger partial charge in [-0.05, 0) is 60.7 Å². The molecular weight excluding hydrogens is 488 g/mol. The molecular formula is C31H34N6O2. The molecule has 5 heterocycles. The number of hydrogen-bond donors (Lipinski definition) is 1. The Hall–Kier alpha value is -4.17. The number of fused-ring (bicyclic) bond motifs is 2. The standard InChI is InChI=1S/C31H34N6O2/c1-20-17-22(5-6-24(20)30(38)34(2)3)21-9-14-36(15-10-21)19-23-18-26-28(8-13-33-29(26)35(23)4)37-16-11-27-25(31(37)39)7-12-32-27/h5-6,8-9,11,13,16-18,32H,7,10,12,14-15,19H2,1-4H3. The highest BCUT2D eigenvalue weighted by Crippen LogP contribution is 2.28. The van der Waals surface area contributed by atoms with Crippen molar-refractivity contribution in [3.05, 3.63) is 93.2 Å². The summed E-state index contributed by atoms with van der Waals surface area (Å²) in [6, 6.07) is 12.2. The second-order valence-electron chi connectivity index (χ2n) is 10.8. The van der Waals surface area contributed by atoms with Gasteiger partial charge in [0.2, 0.25) is 0 Å². The predicted molar refractivity (Wildman–Crippen MR) is 156 cm³/mol. The van der Waals surface area contributed by atoms with Gasteiger partial charge >= 0.3 is 0 Å². The fourth-order valence-electron chi connectivity index (χ4n) is 5.81. The van der Waals surface area contributed by atoms with Crippen LogP contribution in [0.15, 0.2) is 59.7 Å². The topological polar surface area (TPSA) is 75.4 Å². The number of carbonyl (C=O) groups is 1. The lowest BCUT2D eigenvalue weighted by Crippen LogP contribution is -2.28. The van der Waals surface area contributed by atoms with Crippen molar-refractivity contribution in [1.82, 2.24) is 23.9 Å². The Morgan fingerprint density at radius 3 is 2.72 bits per heavy atom. The summed E-state index contributed by atoms with van der Waals surface area (Å²) in [4.78, 5) is 34.3. The van der Waals surface area contributed by atoms with Gasteiger partial charge in [0.1, 0.15) is 5.65 Å². The number of amides is 1. The first-order valence-corrected chi connectivity index (χ1v) is 13.5. The minimum Gasteiger partial charge on any atom is -0.384 e. The highest BCUT2D eigenvalue weighted by Gasteiger charge is 2.20. The number of carbonyl (C=O) groups excluding carboxylic acids is 1. The van der Waals surface area contributed by atoms with Crippen molar-refractivity contribution in [2.45, 2.75) is 26.3 Å². The second kappa shape index (κ2) is 9.85. The lowest BCUT2D eigenvalue weighted by Gasteiger charge is -2.27. The van der Waals surface area contributed by atoms with E-state index in [4.69, 9.17) is 0 Å². The summed E-state index contributed by atoms with van der Waals surface area (Å²) >= 11 is 0. The average molecular weight is 523 g/mol. The third kappa shape index (κ3) is 4.44. The van der Waals surface area contributed by atoms with Crippen LogP contribution < -0.4 is 10.9 Å². The summed E-state index contributed by atoms with van der Waals surface area (Å²) in [5.41, 5.74) is 9.03. The molecule has 1 amide bonds. The van der Waals surface area contributed by atoms with Crippen molar-refractivity contribution in [2.75, 3.05) is 39.0 Å². The highest BCUT2D eigenvalue weighted by molar-refractivity contribution is 5.95. The number of aromatic nitrogens is 3. The van der Waals surface area contributed by atoms with Crippen molar-refractivity contribution in [2.24, 2.45) is 7.05 Å². The number of nitrogens with zero attached hydrogens (tertiary/aromatic N) is 5. The molecule has 0 saturated carbocycles. The van der Waals surface area contributed by atoms with Crippen LogP contribution in [0.4, 0.5) is 5.69 Å². The number of anilines is 1. The Balaban J connectivity index is 1.23. The minimum absolute atomic E-state index is 0.0357. The maximum absolute atomic E-state index is 13.2. The fourth-order valence-corrected chi connectivity index (χ4v) is 5.81. The van der Waals surface area contributed by atoms with Crippen LogP contribution in [-0.4, -0.2) is 63.6 Å². The third-order valence-electron chi connectivity index (χ3n) is 8.06. The van der Waals surface area contributed by atoms with E-state index in [1.165, 1.54) is 16.8 Å². The second-order valence-corrected chi connectivity index (χ2v) is 10.8. The van der Waals surface area contributed by atoms with Crippen molar-refractivity contribution >= 4 is 28.2 Å². The van der Waals surface area contributed by atoms with Crippen LogP contribution in [0.5, 0.6) is 0 Å². The zero-order chi connectivity index (χ0) is 27.3. The maximum atomic E-state index is 13.2. The van der Waals surface area contributed by atoms with Crippen LogP contribution in [0, 0.1) is 6.92 Å². The lowest BCUT2D eigenvalue weighted by atomic mass is 9.95. The summed E-state index contributed by atoms with van der Waals surface area (Å²) in [6.45, 7) is 5.41. The van der Waals surface area contributed by atoms with E-state index >= 15 is 0 Å². The molecule has 200 valence electrons. The molecule has 0 aliphatic carbocycles. The molecule has 39 heavy (non-hydrogen) atoms. The molecule has 1 aromatic carbocycles. The normalized spacial score (nSPS) is 15.2. The molecule has 4 aromatic rings. The molecule has 0 atom stereocenters. The number of benzene rings is 1. The lowest BCUT2D eigenvalue weighted by molar-refractivity contribution is 0.0827. The van der Waals surface area contributed by atoms with E-state index in [2.05, 4.69) is 51.1 Å². The van der Waals surface area contributed by atoms with E-state index in [0.717, 1.165) is 78.1 Å². The summed E-state index contributed by atoms with van der Waals surface area (Å²) in [5, 5.41) is 4.27.